The van der Waals surface area contributed by atoms with Crippen molar-refractivity contribution in [1.82, 2.24) is 20.1 Å². The SMILES string of the molecule is CC(C)c1ccc(OCC(=O)NC(C)c2ccc(-n3cncn3)cc2)cc1. The van der Waals surface area contributed by atoms with Gasteiger partial charge in [-0.1, -0.05) is 38.1 Å². The standard InChI is InChI=1S/C21H24N4O2/c1-15(2)17-6-10-20(11-7-17)27-12-21(26)24-16(3)18-4-8-19(9-5-18)25-14-22-13-23-25/h4-11,13-16H,12H2,1-3H3,(H,24,26). The van der Waals surface area contributed by atoms with Crippen molar-refractivity contribution in [2.45, 2.75) is 32.7 Å². The van der Waals surface area contributed by atoms with Crippen molar-refractivity contribution < 1.29 is 9.53 Å². The van der Waals surface area contributed by atoms with Crippen molar-refractivity contribution in [2.24, 2.45) is 0 Å². The summed E-state index contributed by atoms with van der Waals surface area (Å²) in [4.78, 5) is 16.1. The Morgan fingerprint density at radius 2 is 1.70 bits per heavy atom. The molecule has 1 amide bonds. The molecule has 140 valence electrons. The van der Waals surface area contributed by atoms with Crippen LogP contribution < -0.4 is 10.1 Å². The molecule has 1 heterocycles. The van der Waals surface area contributed by atoms with Crippen LogP contribution in [0, 0.1) is 0 Å². The fraction of sp³-hybridized carbons (Fsp3) is 0.286. The molecular weight excluding hydrogens is 340 g/mol. The van der Waals surface area contributed by atoms with Crippen LogP contribution in [-0.2, 0) is 4.79 Å². The van der Waals surface area contributed by atoms with Gasteiger partial charge in [0.15, 0.2) is 6.61 Å². The fourth-order valence-electron chi connectivity index (χ4n) is 2.72. The van der Waals surface area contributed by atoms with E-state index < -0.39 is 0 Å². The summed E-state index contributed by atoms with van der Waals surface area (Å²) in [6, 6.07) is 15.5. The Kier molecular flexibility index (Phi) is 5.86. The van der Waals surface area contributed by atoms with Crippen molar-refractivity contribution in [2.75, 3.05) is 6.61 Å². The van der Waals surface area contributed by atoms with Crippen LogP contribution in [0.2, 0.25) is 0 Å². The third kappa shape index (κ3) is 4.94. The summed E-state index contributed by atoms with van der Waals surface area (Å²) in [5.74, 6) is 1.01. The first kappa shape index (κ1) is 18.6. The lowest BCUT2D eigenvalue weighted by atomic mass is 10.0. The Balaban J connectivity index is 1.51. The molecule has 0 saturated heterocycles. The maximum Gasteiger partial charge on any atom is 0.258 e. The molecular formula is C21H24N4O2. The summed E-state index contributed by atoms with van der Waals surface area (Å²) in [5, 5.41) is 7.05. The van der Waals surface area contributed by atoms with Gasteiger partial charge in [-0.25, -0.2) is 9.67 Å². The summed E-state index contributed by atoms with van der Waals surface area (Å²) >= 11 is 0. The smallest absolute Gasteiger partial charge is 0.258 e. The Morgan fingerprint density at radius 3 is 2.30 bits per heavy atom. The van der Waals surface area contributed by atoms with Gasteiger partial charge in [-0.05, 0) is 48.2 Å². The molecule has 27 heavy (non-hydrogen) atoms. The Hall–Kier alpha value is -3.15. The van der Waals surface area contributed by atoms with E-state index >= 15 is 0 Å². The van der Waals surface area contributed by atoms with E-state index in [0.29, 0.717) is 11.7 Å². The number of rotatable bonds is 7. The van der Waals surface area contributed by atoms with Crippen molar-refractivity contribution in [3.05, 3.63) is 72.3 Å². The van der Waals surface area contributed by atoms with Crippen molar-refractivity contribution >= 4 is 5.91 Å². The molecule has 0 radical (unpaired) electrons. The average Bonchev–Trinajstić information content (AvgIpc) is 3.21. The molecule has 0 spiro atoms. The topological polar surface area (TPSA) is 69.0 Å². The second-order valence-corrected chi connectivity index (χ2v) is 6.73. The zero-order valence-electron chi connectivity index (χ0n) is 15.8. The van der Waals surface area contributed by atoms with Gasteiger partial charge in [0, 0.05) is 0 Å². The zero-order chi connectivity index (χ0) is 19.2. The number of benzene rings is 2. The van der Waals surface area contributed by atoms with E-state index in [0.717, 1.165) is 11.3 Å². The van der Waals surface area contributed by atoms with Crippen molar-refractivity contribution in [3.63, 3.8) is 0 Å². The summed E-state index contributed by atoms with van der Waals surface area (Å²) in [6.45, 7) is 6.22. The van der Waals surface area contributed by atoms with E-state index in [2.05, 4.69) is 29.2 Å². The highest BCUT2D eigenvalue weighted by molar-refractivity contribution is 5.78. The number of ether oxygens (including phenoxy) is 1. The summed E-state index contributed by atoms with van der Waals surface area (Å²) < 4.78 is 7.26. The fourth-order valence-corrected chi connectivity index (χ4v) is 2.72. The molecule has 3 rings (SSSR count). The monoisotopic (exact) mass is 364 g/mol. The lowest BCUT2D eigenvalue weighted by Crippen LogP contribution is -2.31. The number of hydrogen-bond acceptors (Lipinski definition) is 4. The number of nitrogens with one attached hydrogen (secondary N) is 1. The van der Waals surface area contributed by atoms with Crippen LogP contribution in [-0.4, -0.2) is 27.3 Å². The van der Waals surface area contributed by atoms with Crippen LogP contribution in [0.25, 0.3) is 5.69 Å². The molecule has 0 aliphatic heterocycles. The molecule has 0 fully saturated rings. The van der Waals surface area contributed by atoms with Gasteiger partial charge >= 0.3 is 0 Å². The molecule has 0 aliphatic rings. The van der Waals surface area contributed by atoms with Gasteiger partial charge in [0.2, 0.25) is 0 Å². The van der Waals surface area contributed by atoms with Gasteiger partial charge in [-0.3, -0.25) is 4.79 Å². The predicted octanol–water partition coefficient (Wildman–Crippen LogP) is 3.65. The van der Waals surface area contributed by atoms with E-state index in [9.17, 15) is 4.79 Å². The average molecular weight is 364 g/mol. The highest BCUT2D eigenvalue weighted by Crippen LogP contribution is 2.19. The van der Waals surface area contributed by atoms with Gasteiger partial charge in [0.25, 0.3) is 5.91 Å². The summed E-state index contributed by atoms with van der Waals surface area (Å²) in [6.07, 6.45) is 3.14. The summed E-state index contributed by atoms with van der Waals surface area (Å²) in [5.41, 5.74) is 3.17. The van der Waals surface area contributed by atoms with Crippen LogP contribution in [0.3, 0.4) is 0 Å². The molecule has 2 aromatic carbocycles. The van der Waals surface area contributed by atoms with Crippen molar-refractivity contribution in [3.8, 4) is 11.4 Å². The highest BCUT2D eigenvalue weighted by Gasteiger charge is 2.11. The minimum Gasteiger partial charge on any atom is -0.484 e. The largest absolute Gasteiger partial charge is 0.484 e. The maximum atomic E-state index is 12.2. The molecule has 1 unspecified atom stereocenters. The van der Waals surface area contributed by atoms with Crippen LogP contribution in [0.4, 0.5) is 0 Å². The van der Waals surface area contributed by atoms with Crippen LogP contribution >= 0.6 is 0 Å². The van der Waals surface area contributed by atoms with Gasteiger partial charge in [-0.2, -0.15) is 5.10 Å². The number of carbonyl (C=O) groups is 1. The van der Waals surface area contributed by atoms with Crippen LogP contribution in [0.1, 0.15) is 43.9 Å². The van der Waals surface area contributed by atoms with Gasteiger partial charge < -0.3 is 10.1 Å². The lowest BCUT2D eigenvalue weighted by molar-refractivity contribution is -0.123. The Morgan fingerprint density at radius 1 is 1.04 bits per heavy atom. The molecule has 1 aromatic heterocycles. The zero-order valence-corrected chi connectivity index (χ0v) is 15.8. The molecule has 0 bridgehead atoms. The normalized spacial score (nSPS) is 12.0. The second-order valence-electron chi connectivity index (χ2n) is 6.73. The number of aromatic nitrogens is 3. The Labute approximate surface area is 159 Å². The molecule has 1 N–H and O–H groups in total. The summed E-state index contributed by atoms with van der Waals surface area (Å²) in [7, 11) is 0. The van der Waals surface area contributed by atoms with Crippen LogP contribution in [0.5, 0.6) is 5.75 Å². The van der Waals surface area contributed by atoms with Crippen LogP contribution in [0.15, 0.2) is 61.2 Å². The van der Waals surface area contributed by atoms with E-state index in [4.69, 9.17) is 4.74 Å². The van der Waals surface area contributed by atoms with E-state index in [-0.39, 0.29) is 18.6 Å². The minimum absolute atomic E-state index is 0.0115. The highest BCUT2D eigenvalue weighted by atomic mass is 16.5. The third-order valence-electron chi connectivity index (χ3n) is 4.37. The molecule has 3 aromatic rings. The lowest BCUT2D eigenvalue weighted by Gasteiger charge is -2.15. The van der Waals surface area contributed by atoms with E-state index in [1.165, 1.54) is 11.9 Å². The van der Waals surface area contributed by atoms with E-state index in [1.54, 1.807) is 11.0 Å². The predicted molar refractivity (Wildman–Crippen MR) is 104 cm³/mol. The first-order chi connectivity index (χ1) is 13.0. The number of hydrogen-bond donors (Lipinski definition) is 1. The molecule has 0 aliphatic carbocycles. The van der Waals surface area contributed by atoms with Gasteiger partial charge in [-0.15, -0.1) is 0 Å². The number of carbonyl (C=O) groups excluding carboxylic acids is 1. The number of nitrogens with zero attached hydrogens (tertiary/aromatic N) is 3. The van der Waals surface area contributed by atoms with E-state index in [1.807, 2.05) is 55.5 Å². The molecule has 6 nitrogen and oxygen atoms in total. The van der Waals surface area contributed by atoms with Gasteiger partial charge in [0.1, 0.15) is 18.4 Å². The molecule has 6 heteroatoms. The second kappa shape index (κ2) is 8.49. The molecule has 1 atom stereocenters. The first-order valence-corrected chi connectivity index (χ1v) is 9.00. The third-order valence-corrected chi connectivity index (χ3v) is 4.37. The maximum absolute atomic E-state index is 12.2. The first-order valence-electron chi connectivity index (χ1n) is 9.00. The number of amides is 1. The minimum atomic E-state index is -0.157. The quantitative estimate of drug-likeness (QED) is 0.695. The Bertz CT molecular complexity index is 856. The van der Waals surface area contributed by atoms with Crippen molar-refractivity contribution in [1.29, 1.82) is 0 Å². The molecule has 0 saturated carbocycles. The van der Waals surface area contributed by atoms with Gasteiger partial charge in [0.05, 0.1) is 11.7 Å².